The van der Waals surface area contributed by atoms with E-state index in [9.17, 15) is 9.59 Å². The van der Waals surface area contributed by atoms with E-state index in [1.807, 2.05) is 17.0 Å². The number of hydrogen-bond acceptors (Lipinski definition) is 3. The molecule has 2 rings (SSSR count). The highest BCUT2D eigenvalue weighted by molar-refractivity contribution is 5.78. The first-order chi connectivity index (χ1) is 9.65. The van der Waals surface area contributed by atoms with Crippen molar-refractivity contribution >= 4 is 11.8 Å². The van der Waals surface area contributed by atoms with Gasteiger partial charge >= 0.3 is 0 Å². The molecule has 0 aromatic carbocycles. The highest BCUT2D eigenvalue weighted by Crippen LogP contribution is 2.21. The number of nitrogens with two attached hydrogens (primary N) is 1. The Morgan fingerprint density at radius 1 is 1.45 bits per heavy atom. The van der Waals surface area contributed by atoms with Gasteiger partial charge in [-0.25, -0.2) is 0 Å². The lowest BCUT2D eigenvalue weighted by molar-refractivity contribution is -0.132. The van der Waals surface area contributed by atoms with Crippen LogP contribution in [0, 0.1) is 5.92 Å². The molecule has 1 atom stereocenters. The Morgan fingerprint density at radius 2 is 2.30 bits per heavy atom. The number of carbonyl (C=O) groups is 2. The van der Waals surface area contributed by atoms with Gasteiger partial charge in [0.25, 0.3) is 0 Å². The number of pyridine rings is 1. The lowest BCUT2D eigenvalue weighted by atomic mass is 9.93. The number of aromatic nitrogens is 1. The fraction of sp³-hybridized carbons (Fsp3) is 0.533. The summed E-state index contributed by atoms with van der Waals surface area (Å²) in [6.07, 6.45) is 7.10. The van der Waals surface area contributed by atoms with Gasteiger partial charge in [0.05, 0.1) is 6.42 Å². The highest BCUT2D eigenvalue weighted by Gasteiger charge is 2.23. The molecular formula is C15H21N3O2. The monoisotopic (exact) mass is 275 g/mol. The first-order valence-corrected chi connectivity index (χ1v) is 7.10. The van der Waals surface area contributed by atoms with Crippen LogP contribution in [0.3, 0.4) is 0 Å². The third-order valence-electron chi connectivity index (χ3n) is 3.75. The van der Waals surface area contributed by atoms with E-state index in [1.54, 1.807) is 12.4 Å². The summed E-state index contributed by atoms with van der Waals surface area (Å²) >= 11 is 0. The van der Waals surface area contributed by atoms with Gasteiger partial charge in [0.1, 0.15) is 0 Å². The molecule has 1 fully saturated rings. The molecule has 1 aliphatic rings. The average molecular weight is 275 g/mol. The first-order valence-electron chi connectivity index (χ1n) is 7.10. The van der Waals surface area contributed by atoms with E-state index in [0.717, 1.165) is 37.9 Å². The molecule has 1 aliphatic heterocycles. The molecule has 20 heavy (non-hydrogen) atoms. The number of amides is 2. The van der Waals surface area contributed by atoms with Crippen LogP contribution in [-0.4, -0.2) is 34.8 Å². The average Bonchev–Trinajstić information content (AvgIpc) is 2.46. The molecule has 0 saturated carbocycles. The molecule has 0 unspecified atom stereocenters. The second-order valence-corrected chi connectivity index (χ2v) is 5.39. The van der Waals surface area contributed by atoms with Crippen LogP contribution in [0.4, 0.5) is 0 Å². The van der Waals surface area contributed by atoms with Crippen molar-refractivity contribution in [2.45, 2.75) is 32.1 Å². The molecule has 1 saturated heterocycles. The molecule has 2 amide bonds. The summed E-state index contributed by atoms with van der Waals surface area (Å²) < 4.78 is 0. The van der Waals surface area contributed by atoms with Crippen LogP contribution >= 0.6 is 0 Å². The first kappa shape index (κ1) is 14.5. The third kappa shape index (κ3) is 4.33. The largest absolute Gasteiger partial charge is 0.370 e. The molecule has 0 aliphatic carbocycles. The lowest BCUT2D eigenvalue weighted by Gasteiger charge is -2.32. The molecule has 1 aromatic heterocycles. The molecule has 5 heteroatoms. The molecule has 1 aromatic rings. The predicted molar refractivity (Wildman–Crippen MR) is 75.7 cm³/mol. The summed E-state index contributed by atoms with van der Waals surface area (Å²) in [5.41, 5.74) is 6.12. The van der Waals surface area contributed by atoms with Crippen LogP contribution in [0.1, 0.15) is 31.2 Å². The van der Waals surface area contributed by atoms with E-state index in [4.69, 9.17) is 5.73 Å². The Morgan fingerprint density at radius 3 is 3.00 bits per heavy atom. The zero-order valence-corrected chi connectivity index (χ0v) is 11.6. The smallest absolute Gasteiger partial charge is 0.227 e. The topological polar surface area (TPSA) is 76.3 Å². The van der Waals surface area contributed by atoms with Gasteiger partial charge in [-0.15, -0.1) is 0 Å². The van der Waals surface area contributed by atoms with Crippen molar-refractivity contribution in [3.05, 3.63) is 30.1 Å². The number of piperidine rings is 1. The summed E-state index contributed by atoms with van der Waals surface area (Å²) in [5.74, 6) is 0.277. The number of hydrogen-bond donors (Lipinski definition) is 1. The van der Waals surface area contributed by atoms with Crippen molar-refractivity contribution in [3.8, 4) is 0 Å². The third-order valence-corrected chi connectivity index (χ3v) is 3.75. The van der Waals surface area contributed by atoms with Crippen LogP contribution in [0.2, 0.25) is 0 Å². The van der Waals surface area contributed by atoms with Crippen LogP contribution in [0.15, 0.2) is 24.5 Å². The molecular weight excluding hydrogens is 254 g/mol. The quantitative estimate of drug-likeness (QED) is 0.875. The molecule has 108 valence electrons. The normalized spacial score (nSPS) is 18.8. The molecule has 0 bridgehead atoms. The summed E-state index contributed by atoms with van der Waals surface area (Å²) in [7, 11) is 0. The molecule has 5 nitrogen and oxygen atoms in total. The Kier molecular flexibility index (Phi) is 5.09. The van der Waals surface area contributed by atoms with Crippen LogP contribution < -0.4 is 5.73 Å². The fourth-order valence-corrected chi connectivity index (χ4v) is 2.66. The zero-order chi connectivity index (χ0) is 14.4. The number of carbonyl (C=O) groups excluding carboxylic acids is 2. The van der Waals surface area contributed by atoms with Crippen LogP contribution in [-0.2, 0) is 16.0 Å². The van der Waals surface area contributed by atoms with Gasteiger partial charge in [-0.1, -0.05) is 6.07 Å². The maximum absolute atomic E-state index is 12.3. The van der Waals surface area contributed by atoms with Gasteiger partial charge in [-0.2, -0.15) is 0 Å². The fourth-order valence-electron chi connectivity index (χ4n) is 2.66. The maximum Gasteiger partial charge on any atom is 0.227 e. The van der Waals surface area contributed by atoms with Gasteiger partial charge in [0, 0.05) is 31.9 Å². The van der Waals surface area contributed by atoms with Gasteiger partial charge in [0.15, 0.2) is 0 Å². The molecule has 2 heterocycles. The van der Waals surface area contributed by atoms with Crippen LogP contribution in [0.5, 0.6) is 0 Å². The minimum Gasteiger partial charge on any atom is -0.370 e. The minimum atomic E-state index is -0.260. The van der Waals surface area contributed by atoms with Crippen molar-refractivity contribution in [3.63, 3.8) is 0 Å². The van der Waals surface area contributed by atoms with Crippen molar-refractivity contribution in [2.75, 3.05) is 13.1 Å². The standard InChI is InChI=1S/C15H21N3O2/c16-14(19)6-5-12-4-2-8-18(11-12)15(20)9-13-3-1-7-17-10-13/h1,3,7,10,12H,2,4-6,8-9,11H2,(H2,16,19)/t12-/m1/s1. The van der Waals surface area contributed by atoms with Gasteiger partial charge in [-0.05, 0) is 36.8 Å². The number of primary amides is 1. The molecule has 0 spiro atoms. The van der Waals surface area contributed by atoms with E-state index >= 15 is 0 Å². The zero-order valence-electron chi connectivity index (χ0n) is 11.6. The second-order valence-electron chi connectivity index (χ2n) is 5.39. The Balaban J connectivity index is 1.85. The molecule has 2 N–H and O–H groups in total. The van der Waals surface area contributed by atoms with Crippen LogP contribution in [0.25, 0.3) is 0 Å². The Hall–Kier alpha value is -1.91. The van der Waals surface area contributed by atoms with E-state index in [2.05, 4.69) is 4.98 Å². The number of likely N-dealkylation sites (tertiary alicyclic amines) is 1. The van der Waals surface area contributed by atoms with Crippen molar-refractivity contribution in [1.29, 1.82) is 0 Å². The minimum absolute atomic E-state index is 0.141. The Bertz CT molecular complexity index is 461. The van der Waals surface area contributed by atoms with E-state index in [1.165, 1.54) is 0 Å². The lowest BCUT2D eigenvalue weighted by Crippen LogP contribution is -2.41. The van der Waals surface area contributed by atoms with Gasteiger partial charge < -0.3 is 10.6 Å². The number of rotatable bonds is 5. The molecule has 0 radical (unpaired) electrons. The second kappa shape index (κ2) is 7.03. The highest BCUT2D eigenvalue weighted by atomic mass is 16.2. The summed E-state index contributed by atoms with van der Waals surface area (Å²) in [5, 5.41) is 0. The maximum atomic E-state index is 12.3. The predicted octanol–water partition coefficient (Wildman–Crippen LogP) is 1.13. The summed E-state index contributed by atoms with van der Waals surface area (Å²) in [4.78, 5) is 29.0. The number of nitrogens with zero attached hydrogens (tertiary/aromatic N) is 2. The SMILES string of the molecule is NC(=O)CC[C@H]1CCCN(C(=O)Cc2cccnc2)C1. The van der Waals surface area contributed by atoms with Crippen molar-refractivity contribution < 1.29 is 9.59 Å². The van der Waals surface area contributed by atoms with Crippen molar-refractivity contribution in [1.82, 2.24) is 9.88 Å². The summed E-state index contributed by atoms with van der Waals surface area (Å²) in [6, 6.07) is 3.76. The van der Waals surface area contributed by atoms with Crippen molar-refractivity contribution in [2.24, 2.45) is 11.7 Å². The van der Waals surface area contributed by atoms with Gasteiger partial charge in [-0.3, -0.25) is 14.6 Å². The van der Waals surface area contributed by atoms with E-state index in [0.29, 0.717) is 18.8 Å². The van der Waals surface area contributed by atoms with E-state index < -0.39 is 0 Å². The van der Waals surface area contributed by atoms with E-state index in [-0.39, 0.29) is 11.8 Å². The Labute approximate surface area is 119 Å². The summed E-state index contributed by atoms with van der Waals surface area (Å²) in [6.45, 7) is 1.55. The van der Waals surface area contributed by atoms with Gasteiger partial charge in [0.2, 0.25) is 11.8 Å².